The first kappa shape index (κ1) is 27.8. The molecule has 1 amide bonds. The number of carbonyl (C=O) groups excluding carboxylic acids is 1. The van der Waals surface area contributed by atoms with E-state index < -0.39 is 15.9 Å². The van der Waals surface area contributed by atoms with Gasteiger partial charge in [-0.1, -0.05) is 54.8 Å². The van der Waals surface area contributed by atoms with Crippen molar-refractivity contribution < 1.29 is 17.9 Å². The molecule has 0 atom stereocenters. The summed E-state index contributed by atoms with van der Waals surface area (Å²) in [6.07, 6.45) is 3.43. The Kier molecular flexibility index (Phi) is 9.57. The molecule has 192 valence electrons. The van der Waals surface area contributed by atoms with E-state index in [0.29, 0.717) is 22.9 Å². The summed E-state index contributed by atoms with van der Waals surface area (Å²) in [5.41, 5.74) is 4.23. The van der Waals surface area contributed by atoms with Gasteiger partial charge in [-0.3, -0.25) is 4.79 Å². The number of hydrogen-bond acceptors (Lipinski definition) is 4. The molecular formula is C29H34ClNO4S. The highest BCUT2D eigenvalue weighted by molar-refractivity contribution is 7.93. The lowest BCUT2D eigenvalue weighted by Gasteiger charge is -2.23. The fraction of sp³-hybridized carbons (Fsp3) is 0.345. The topological polar surface area (TPSA) is 63.7 Å². The molecule has 36 heavy (non-hydrogen) atoms. The first-order valence-corrected chi connectivity index (χ1v) is 14.1. The molecule has 3 aromatic carbocycles. The van der Waals surface area contributed by atoms with Crippen molar-refractivity contribution >= 4 is 33.2 Å². The molecule has 0 fully saturated rings. The summed E-state index contributed by atoms with van der Waals surface area (Å²) in [5, 5.41) is 0.704. The molecule has 0 aliphatic heterocycles. The molecule has 5 nitrogen and oxygen atoms in total. The van der Waals surface area contributed by atoms with Crippen LogP contribution in [0.5, 0.6) is 5.75 Å². The summed E-state index contributed by atoms with van der Waals surface area (Å²) < 4.78 is 33.9. The van der Waals surface area contributed by atoms with Crippen LogP contribution in [0.1, 0.15) is 54.9 Å². The minimum absolute atomic E-state index is 0.0221. The molecule has 3 aromatic rings. The van der Waals surface area contributed by atoms with Gasteiger partial charge >= 0.3 is 0 Å². The average molecular weight is 528 g/mol. The molecule has 0 aliphatic rings. The van der Waals surface area contributed by atoms with E-state index in [4.69, 9.17) is 16.3 Å². The molecule has 3 rings (SSSR count). The van der Waals surface area contributed by atoms with Crippen LogP contribution in [0.4, 0.5) is 5.69 Å². The minimum atomic E-state index is -4.08. The Labute approximate surface area is 220 Å². The van der Waals surface area contributed by atoms with Crippen LogP contribution in [0.2, 0.25) is 5.02 Å². The van der Waals surface area contributed by atoms with E-state index in [2.05, 4.69) is 6.92 Å². The van der Waals surface area contributed by atoms with Crippen molar-refractivity contribution in [3.63, 3.8) is 0 Å². The van der Waals surface area contributed by atoms with Crippen LogP contribution in [0.25, 0.3) is 0 Å². The van der Waals surface area contributed by atoms with Gasteiger partial charge in [0.05, 0.1) is 17.2 Å². The number of nitrogens with zero attached hydrogens (tertiary/aromatic N) is 1. The molecule has 0 saturated carbocycles. The molecule has 0 unspecified atom stereocenters. The number of halogens is 1. The first-order valence-electron chi connectivity index (χ1n) is 12.3. The van der Waals surface area contributed by atoms with Gasteiger partial charge in [-0.2, -0.15) is 0 Å². The molecule has 0 aromatic heterocycles. The normalized spacial score (nSPS) is 11.4. The van der Waals surface area contributed by atoms with E-state index in [1.807, 2.05) is 45.0 Å². The monoisotopic (exact) mass is 527 g/mol. The summed E-state index contributed by atoms with van der Waals surface area (Å²) in [6, 6.07) is 17.4. The fourth-order valence-corrected chi connectivity index (χ4v) is 5.47. The third-order valence-corrected chi connectivity index (χ3v) is 8.35. The lowest BCUT2D eigenvalue weighted by atomic mass is 10.1. The number of ether oxygens (including phenoxy) is 1. The number of rotatable bonds is 11. The second-order valence-electron chi connectivity index (χ2n) is 9.07. The Morgan fingerprint density at radius 3 is 2.11 bits per heavy atom. The summed E-state index contributed by atoms with van der Waals surface area (Å²) in [5.74, 6) is 0.178. The van der Waals surface area contributed by atoms with Gasteiger partial charge in [0, 0.05) is 11.4 Å². The number of carbonyl (C=O) groups is 1. The molecular weight excluding hydrogens is 494 g/mol. The average Bonchev–Trinajstić information content (AvgIpc) is 2.85. The van der Waals surface area contributed by atoms with E-state index >= 15 is 0 Å². The van der Waals surface area contributed by atoms with E-state index in [-0.39, 0.29) is 17.9 Å². The number of amides is 1. The maximum Gasteiger partial charge on any atom is 0.270 e. The Bertz CT molecular complexity index is 1260. The number of unbranched alkanes of at least 4 members (excludes halogenated alkanes) is 1. The molecule has 0 aliphatic carbocycles. The van der Waals surface area contributed by atoms with Gasteiger partial charge in [0.15, 0.2) is 0 Å². The van der Waals surface area contributed by atoms with Crippen LogP contribution in [0, 0.1) is 20.8 Å². The molecule has 0 radical (unpaired) electrons. The third kappa shape index (κ3) is 6.89. The van der Waals surface area contributed by atoms with E-state index in [9.17, 15) is 13.2 Å². The molecule has 0 saturated heterocycles. The summed E-state index contributed by atoms with van der Waals surface area (Å²) in [4.78, 5) is 13.4. The molecule has 0 spiro atoms. The zero-order valence-electron chi connectivity index (χ0n) is 21.4. The van der Waals surface area contributed by atoms with Crippen molar-refractivity contribution in [2.75, 3.05) is 10.9 Å². The van der Waals surface area contributed by atoms with Gasteiger partial charge in [-0.25, -0.2) is 12.7 Å². The summed E-state index contributed by atoms with van der Waals surface area (Å²) >= 11 is 6.22. The number of hydrogen-bond donors (Lipinski definition) is 0. The first-order chi connectivity index (χ1) is 17.1. The number of anilines is 1. The number of aryl methyl sites for hydroxylation is 4. The van der Waals surface area contributed by atoms with Gasteiger partial charge in [0.2, 0.25) is 5.91 Å². The van der Waals surface area contributed by atoms with Crippen molar-refractivity contribution in [1.82, 2.24) is 0 Å². The van der Waals surface area contributed by atoms with E-state index in [1.165, 1.54) is 12.1 Å². The third-order valence-electron chi connectivity index (χ3n) is 5.99. The summed E-state index contributed by atoms with van der Waals surface area (Å²) in [6.45, 7) is 8.11. The Morgan fingerprint density at radius 1 is 0.917 bits per heavy atom. The Morgan fingerprint density at radius 2 is 1.53 bits per heavy atom. The highest BCUT2D eigenvalue weighted by Crippen LogP contribution is 2.28. The zero-order chi connectivity index (χ0) is 26.3. The van der Waals surface area contributed by atoms with Crippen molar-refractivity contribution in [2.24, 2.45) is 0 Å². The molecule has 0 heterocycles. The van der Waals surface area contributed by atoms with Crippen LogP contribution in [0.15, 0.2) is 65.6 Å². The maximum atomic E-state index is 13.6. The van der Waals surface area contributed by atoms with Crippen molar-refractivity contribution in [1.29, 1.82) is 0 Å². The number of benzene rings is 3. The fourth-order valence-electron chi connectivity index (χ4n) is 3.92. The van der Waals surface area contributed by atoms with Crippen LogP contribution in [-0.2, 0) is 21.2 Å². The van der Waals surface area contributed by atoms with E-state index in [0.717, 1.165) is 45.8 Å². The summed E-state index contributed by atoms with van der Waals surface area (Å²) in [7, 11) is -4.08. The predicted octanol–water partition coefficient (Wildman–Crippen LogP) is 7.19. The minimum Gasteiger partial charge on any atom is -0.494 e. The second-order valence-corrected chi connectivity index (χ2v) is 11.2. The highest BCUT2D eigenvalue weighted by Gasteiger charge is 2.30. The zero-order valence-corrected chi connectivity index (χ0v) is 23.0. The smallest absolute Gasteiger partial charge is 0.270 e. The van der Waals surface area contributed by atoms with Crippen molar-refractivity contribution in [3.05, 3.63) is 87.9 Å². The van der Waals surface area contributed by atoms with Crippen LogP contribution in [-0.4, -0.2) is 20.9 Å². The van der Waals surface area contributed by atoms with Crippen LogP contribution < -0.4 is 9.04 Å². The second kappa shape index (κ2) is 12.4. The van der Waals surface area contributed by atoms with Gasteiger partial charge in [0.1, 0.15) is 5.75 Å². The quantitative estimate of drug-likeness (QED) is 0.247. The van der Waals surface area contributed by atoms with E-state index in [1.54, 1.807) is 24.3 Å². The standard InChI is InChI=1S/C29H34ClNO4S/c1-5-6-8-24-12-14-25(15-13-24)31(36(33,34)27-16-10-21(2)11-17-27)28(32)9-7-18-35-26-19-22(3)29(30)23(4)20-26/h10-17,19-20H,5-9,18H2,1-4H3. The van der Waals surface area contributed by atoms with Crippen LogP contribution in [0.3, 0.4) is 0 Å². The molecule has 0 bridgehead atoms. The Hall–Kier alpha value is -2.83. The largest absolute Gasteiger partial charge is 0.494 e. The van der Waals surface area contributed by atoms with Gasteiger partial charge in [-0.15, -0.1) is 0 Å². The Balaban J connectivity index is 1.78. The van der Waals surface area contributed by atoms with Crippen molar-refractivity contribution in [3.8, 4) is 5.75 Å². The predicted molar refractivity (Wildman–Crippen MR) is 147 cm³/mol. The maximum absolute atomic E-state index is 13.6. The van der Waals surface area contributed by atoms with Gasteiger partial charge in [0.25, 0.3) is 10.0 Å². The SMILES string of the molecule is CCCCc1ccc(N(C(=O)CCCOc2cc(C)c(Cl)c(C)c2)S(=O)(=O)c2ccc(C)cc2)cc1. The molecule has 7 heteroatoms. The highest BCUT2D eigenvalue weighted by atomic mass is 35.5. The lowest BCUT2D eigenvalue weighted by molar-refractivity contribution is -0.117. The van der Waals surface area contributed by atoms with Gasteiger partial charge in [-0.05, 0) is 93.1 Å². The molecule has 0 N–H and O–H groups in total. The lowest BCUT2D eigenvalue weighted by Crippen LogP contribution is -2.37. The number of sulfonamides is 1. The van der Waals surface area contributed by atoms with Gasteiger partial charge < -0.3 is 4.74 Å². The van der Waals surface area contributed by atoms with Crippen molar-refractivity contribution in [2.45, 2.75) is 64.7 Å². The van der Waals surface area contributed by atoms with Crippen LogP contribution >= 0.6 is 11.6 Å².